The molecule has 0 aliphatic rings. The topological polar surface area (TPSA) is 46.6 Å². The fraction of sp³-hybridized carbons (Fsp3) is 0.273. The van der Waals surface area contributed by atoms with Crippen LogP contribution in [0.2, 0.25) is 0 Å². The molecule has 0 spiro atoms. The van der Waals surface area contributed by atoms with Crippen molar-refractivity contribution in [3.8, 4) is 5.75 Å². The quantitative estimate of drug-likeness (QED) is 0.704. The molecule has 15 heavy (non-hydrogen) atoms. The van der Waals surface area contributed by atoms with Crippen molar-refractivity contribution in [3.63, 3.8) is 0 Å². The molecule has 0 fully saturated rings. The van der Waals surface area contributed by atoms with E-state index in [0.717, 1.165) is 0 Å². The molecule has 0 heterocycles. The van der Waals surface area contributed by atoms with Crippen molar-refractivity contribution in [2.24, 2.45) is 0 Å². The second-order valence-corrected chi connectivity index (χ2v) is 2.95. The van der Waals surface area contributed by atoms with Gasteiger partial charge in [0, 0.05) is 13.5 Å². The summed E-state index contributed by atoms with van der Waals surface area (Å²) in [5.74, 6) is 0.309. The molecule has 0 aliphatic heterocycles. The second-order valence-electron chi connectivity index (χ2n) is 2.95. The Bertz CT molecular complexity index is 363. The summed E-state index contributed by atoms with van der Waals surface area (Å²) in [5.41, 5.74) is 0.611. The van der Waals surface area contributed by atoms with Crippen LogP contribution in [0, 0.1) is 0 Å². The third kappa shape index (κ3) is 2.56. The Hall–Kier alpha value is -1.84. The summed E-state index contributed by atoms with van der Waals surface area (Å²) < 4.78 is 4.80. The van der Waals surface area contributed by atoms with Gasteiger partial charge in [0.2, 0.25) is 5.91 Å². The summed E-state index contributed by atoms with van der Waals surface area (Å²) >= 11 is 0. The van der Waals surface area contributed by atoms with Gasteiger partial charge in [0.15, 0.2) is 5.75 Å². The Labute approximate surface area is 88.5 Å². The summed E-state index contributed by atoms with van der Waals surface area (Å²) in [5, 5.41) is 0. The molecule has 0 N–H and O–H groups in total. The van der Waals surface area contributed by atoms with Gasteiger partial charge in [-0.05, 0) is 19.1 Å². The average Bonchev–Trinajstić information content (AvgIpc) is 2.21. The Kier molecular flexibility index (Phi) is 3.85. The maximum Gasteiger partial charge on any atom is 0.298 e. The zero-order valence-corrected chi connectivity index (χ0v) is 8.77. The molecule has 0 aliphatic carbocycles. The van der Waals surface area contributed by atoms with Gasteiger partial charge >= 0.3 is 0 Å². The number of benzene rings is 1. The number of amides is 1. The number of para-hydroxylation sites is 2. The van der Waals surface area contributed by atoms with E-state index in [-0.39, 0.29) is 5.91 Å². The molecule has 0 unspecified atom stereocenters. The number of carbonyl (C=O) groups is 2. The van der Waals surface area contributed by atoms with Crippen LogP contribution in [-0.2, 0) is 9.59 Å². The Morgan fingerprint density at radius 3 is 2.67 bits per heavy atom. The number of nitrogens with zero attached hydrogens (tertiary/aromatic N) is 1. The highest BCUT2D eigenvalue weighted by molar-refractivity contribution is 5.93. The predicted octanol–water partition coefficient (Wildman–Crippen LogP) is 1.59. The largest absolute Gasteiger partial charge is 0.427 e. The van der Waals surface area contributed by atoms with Crippen molar-refractivity contribution < 1.29 is 14.3 Å². The lowest BCUT2D eigenvalue weighted by Crippen LogP contribution is -2.28. The van der Waals surface area contributed by atoms with Gasteiger partial charge in [-0.15, -0.1) is 0 Å². The highest BCUT2D eigenvalue weighted by atomic mass is 16.5. The first-order valence-corrected chi connectivity index (χ1v) is 4.68. The molecule has 0 radical (unpaired) electrons. The van der Waals surface area contributed by atoms with Crippen molar-refractivity contribution >= 4 is 18.1 Å². The lowest BCUT2D eigenvalue weighted by Gasteiger charge is -2.20. The van der Waals surface area contributed by atoms with Gasteiger partial charge in [0.05, 0.1) is 5.69 Å². The third-order valence-electron chi connectivity index (χ3n) is 2.03. The summed E-state index contributed by atoms with van der Waals surface area (Å²) in [7, 11) is 0. The molecule has 1 aromatic carbocycles. The zero-order valence-electron chi connectivity index (χ0n) is 8.77. The van der Waals surface area contributed by atoms with Crippen LogP contribution in [0.15, 0.2) is 24.3 Å². The normalized spacial score (nSPS) is 9.47. The van der Waals surface area contributed by atoms with E-state index in [0.29, 0.717) is 24.5 Å². The monoisotopic (exact) mass is 207 g/mol. The lowest BCUT2D eigenvalue weighted by atomic mass is 10.2. The number of carbonyl (C=O) groups excluding carboxylic acids is 2. The Morgan fingerprint density at radius 2 is 2.13 bits per heavy atom. The SMILES string of the molecule is CCN(C(C)=O)c1ccccc1OC=O. The number of anilines is 1. The van der Waals surface area contributed by atoms with Crippen LogP contribution < -0.4 is 9.64 Å². The van der Waals surface area contributed by atoms with Gasteiger partial charge in [0.1, 0.15) is 0 Å². The smallest absolute Gasteiger partial charge is 0.298 e. The van der Waals surface area contributed by atoms with Crippen LogP contribution in [0.3, 0.4) is 0 Å². The summed E-state index contributed by atoms with van der Waals surface area (Å²) in [4.78, 5) is 23.1. The van der Waals surface area contributed by atoms with Crippen LogP contribution in [0.5, 0.6) is 5.75 Å². The van der Waals surface area contributed by atoms with Crippen molar-refractivity contribution in [1.29, 1.82) is 0 Å². The van der Waals surface area contributed by atoms with Crippen LogP contribution in [0.25, 0.3) is 0 Å². The van der Waals surface area contributed by atoms with Crippen molar-refractivity contribution in [3.05, 3.63) is 24.3 Å². The standard InChI is InChI=1S/C11H13NO3/c1-3-12(9(2)14)10-6-4-5-7-11(10)15-8-13/h4-8H,3H2,1-2H3. The average molecular weight is 207 g/mol. The molecule has 4 heteroatoms. The van der Waals surface area contributed by atoms with Gasteiger partial charge in [-0.25, -0.2) is 0 Å². The third-order valence-corrected chi connectivity index (χ3v) is 2.03. The van der Waals surface area contributed by atoms with Crippen molar-refractivity contribution in [2.45, 2.75) is 13.8 Å². The molecule has 1 aromatic rings. The van der Waals surface area contributed by atoms with E-state index in [1.165, 1.54) is 6.92 Å². The van der Waals surface area contributed by atoms with Crippen LogP contribution >= 0.6 is 0 Å². The predicted molar refractivity (Wildman–Crippen MR) is 56.8 cm³/mol. The number of rotatable bonds is 4. The van der Waals surface area contributed by atoms with Crippen LogP contribution in [0.1, 0.15) is 13.8 Å². The highest BCUT2D eigenvalue weighted by Gasteiger charge is 2.13. The number of ether oxygens (including phenoxy) is 1. The minimum atomic E-state index is -0.0838. The van der Waals surface area contributed by atoms with Gasteiger partial charge in [0.25, 0.3) is 6.47 Å². The molecule has 4 nitrogen and oxygen atoms in total. The number of hydrogen-bond acceptors (Lipinski definition) is 3. The van der Waals surface area contributed by atoms with E-state index in [4.69, 9.17) is 4.74 Å². The molecule has 1 amide bonds. The van der Waals surface area contributed by atoms with E-state index in [2.05, 4.69) is 0 Å². The fourth-order valence-electron chi connectivity index (χ4n) is 1.39. The minimum Gasteiger partial charge on any atom is -0.427 e. The van der Waals surface area contributed by atoms with Gasteiger partial charge in [-0.1, -0.05) is 12.1 Å². The van der Waals surface area contributed by atoms with E-state index in [1.807, 2.05) is 6.92 Å². The first-order valence-electron chi connectivity index (χ1n) is 4.68. The first-order chi connectivity index (χ1) is 7.20. The molecule has 0 saturated carbocycles. The van der Waals surface area contributed by atoms with Gasteiger partial charge in [-0.2, -0.15) is 0 Å². The fourth-order valence-corrected chi connectivity index (χ4v) is 1.39. The Balaban J connectivity index is 3.09. The molecular formula is C11H13NO3. The van der Waals surface area contributed by atoms with E-state index < -0.39 is 0 Å². The Morgan fingerprint density at radius 1 is 1.47 bits per heavy atom. The summed E-state index contributed by atoms with van der Waals surface area (Å²) in [6, 6.07) is 6.92. The molecule has 0 aromatic heterocycles. The second kappa shape index (κ2) is 5.14. The van der Waals surface area contributed by atoms with Gasteiger partial charge in [-0.3, -0.25) is 9.59 Å². The van der Waals surface area contributed by atoms with E-state index in [1.54, 1.807) is 29.2 Å². The zero-order chi connectivity index (χ0) is 11.3. The van der Waals surface area contributed by atoms with Gasteiger partial charge < -0.3 is 9.64 Å². The maximum absolute atomic E-state index is 11.3. The molecule has 80 valence electrons. The molecular weight excluding hydrogens is 194 g/mol. The summed E-state index contributed by atoms with van der Waals surface area (Å²) in [6.07, 6.45) is 0. The van der Waals surface area contributed by atoms with Crippen molar-refractivity contribution in [1.82, 2.24) is 0 Å². The highest BCUT2D eigenvalue weighted by Crippen LogP contribution is 2.27. The van der Waals surface area contributed by atoms with Crippen molar-refractivity contribution in [2.75, 3.05) is 11.4 Å². The molecule has 0 saturated heterocycles. The lowest BCUT2D eigenvalue weighted by molar-refractivity contribution is -0.121. The molecule has 0 atom stereocenters. The van der Waals surface area contributed by atoms with E-state index >= 15 is 0 Å². The molecule has 0 bridgehead atoms. The van der Waals surface area contributed by atoms with Crippen LogP contribution in [-0.4, -0.2) is 18.9 Å². The van der Waals surface area contributed by atoms with Crippen LogP contribution in [0.4, 0.5) is 5.69 Å². The first kappa shape index (κ1) is 11.2. The summed E-state index contributed by atoms with van der Waals surface area (Å²) in [6.45, 7) is 4.22. The maximum atomic E-state index is 11.3. The minimum absolute atomic E-state index is 0.0838. The molecule has 1 rings (SSSR count). The van der Waals surface area contributed by atoms with E-state index in [9.17, 15) is 9.59 Å². The number of hydrogen-bond donors (Lipinski definition) is 0.